The van der Waals surface area contributed by atoms with Crippen molar-refractivity contribution in [1.82, 2.24) is 9.97 Å². The van der Waals surface area contributed by atoms with Crippen molar-refractivity contribution in [3.8, 4) is 0 Å². The van der Waals surface area contributed by atoms with Crippen LogP contribution in [0, 0.1) is 13.8 Å². The van der Waals surface area contributed by atoms with Crippen molar-refractivity contribution >= 4 is 11.6 Å². The maximum absolute atomic E-state index is 4.59. The summed E-state index contributed by atoms with van der Waals surface area (Å²) < 4.78 is 0. The van der Waals surface area contributed by atoms with Gasteiger partial charge in [0.2, 0.25) is 0 Å². The Balaban J connectivity index is 3.07. The molecule has 0 bridgehead atoms. The van der Waals surface area contributed by atoms with Crippen LogP contribution in [0.25, 0.3) is 0 Å². The Morgan fingerprint density at radius 1 is 1.22 bits per heavy atom. The Morgan fingerprint density at radius 3 is 2.44 bits per heavy atom. The standard InChI is InChI=1S/C14H26N4/c1-7-9-15-13-11(4)14(17-12(5)16-13)18(6)10(3)8-2/h10H,7-9H2,1-6H3,(H,15,16,17). The molecule has 1 aromatic rings. The Morgan fingerprint density at radius 2 is 1.89 bits per heavy atom. The van der Waals surface area contributed by atoms with Gasteiger partial charge < -0.3 is 10.2 Å². The molecule has 4 nitrogen and oxygen atoms in total. The molecule has 1 heterocycles. The molecule has 4 heteroatoms. The third kappa shape index (κ3) is 3.34. The van der Waals surface area contributed by atoms with E-state index >= 15 is 0 Å². The van der Waals surface area contributed by atoms with Gasteiger partial charge in [-0.3, -0.25) is 0 Å². The molecule has 1 N–H and O–H groups in total. The van der Waals surface area contributed by atoms with E-state index in [2.05, 4.69) is 54.9 Å². The molecule has 0 saturated carbocycles. The fourth-order valence-electron chi connectivity index (χ4n) is 1.86. The molecule has 0 aromatic carbocycles. The van der Waals surface area contributed by atoms with Crippen LogP contribution >= 0.6 is 0 Å². The van der Waals surface area contributed by atoms with Crippen LogP contribution in [-0.4, -0.2) is 29.6 Å². The zero-order chi connectivity index (χ0) is 13.7. The van der Waals surface area contributed by atoms with Gasteiger partial charge in [-0.25, -0.2) is 9.97 Å². The molecule has 1 aromatic heterocycles. The van der Waals surface area contributed by atoms with E-state index in [9.17, 15) is 0 Å². The second-order valence-electron chi connectivity index (χ2n) is 4.86. The number of nitrogens with one attached hydrogen (secondary N) is 1. The van der Waals surface area contributed by atoms with Crippen LogP contribution in [0.4, 0.5) is 11.6 Å². The van der Waals surface area contributed by atoms with E-state index in [1.165, 1.54) is 0 Å². The minimum atomic E-state index is 0.483. The summed E-state index contributed by atoms with van der Waals surface area (Å²) >= 11 is 0. The van der Waals surface area contributed by atoms with Crippen molar-refractivity contribution in [3.63, 3.8) is 0 Å². The molecule has 102 valence electrons. The van der Waals surface area contributed by atoms with E-state index in [0.29, 0.717) is 6.04 Å². The molecule has 0 saturated heterocycles. The predicted octanol–water partition coefficient (Wildman–Crippen LogP) is 3.15. The zero-order valence-electron chi connectivity index (χ0n) is 12.5. The van der Waals surface area contributed by atoms with Gasteiger partial charge in [0.05, 0.1) is 0 Å². The largest absolute Gasteiger partial charge is 0.370 e. The summed E-state index contributed by atoms with van der Waals surface area (Å²) in [4.78, 5) is 11.3. The number of hydrogen-bond donors (Lipinski definition) is 1. The molecule has 18 heavy (non-hydrogen) atoms. The van der Waals surface area contributed by atoms with Crippen molar-refractivity contribution < 1.29 is 0 Å². The molecule has 1 unspecified atom stereocenters. The molecule has 0 aliphatic rings. The maximum Gasteiger partial charge on any atom is 0.137 e. The predicted molar refractivity (Wildman–Crippen MR) is 78.4 cm³/mol. The third-order valence-electron chi connectivity index (χ3n) is 3.36. The monoisotopic (exact) mass is 250 g/mol. The Bertz CT molecular complexity index is 390. The molecule has 1 atom stereocenters. The number of aryl methyl sites for hydroxylation is 1. The first-order valence-electron chi connectivity index (χ1n) is 6.83. The average Bonchev–Trinajstić information content (AvgIpc) is 2.37. The van der Waals surface area contributed by atoms with Gasteiger partial charge in [-0.05, 0) is 33.6 Å². The van der Waals surface area contributed by atoms with Crippen LogP contribution in [0.1, 0.15) is 45.0 Å². The highest BCUT2D eigenvalue weighted by Gasteiger charge is 2.15. The number of rotatable bonds is 6. The Kier molecular flexibility index (Phi) is 5.38. The van der Waals surface area contributed by atoms with Crippen LogP contribution in [0.2, 0.25) is 0 Å². The highest BCUT2D eigenvalue weighted by atomic mass is 15.2. The molecule has 0 aliphatic carbocycles. The third-order valence-corrected chi connectivity index (χ3v) is 3.36. The highest BCUT2D eigenvalue weighted by molar-refractivity contribution is 5.58. The summed E-state index contributed by atoms with van der Waals surface area (Å²) in [7, 11) is 2.10. The van der Waals surface area contributed by atoms with Gasteiger partial charge in [0.25, 0.3) is 0 Å². The summed E-state index contributed by atoms with van der Waals surface area (Å²) in [6.45, 7) is 11.6. The fourth-order valence-corrected chi connectivity index (χ4v) is 1.86. The van der Waals surface area contributed by atoms with Gasteiger partial charge in [0.15, 0.2) is 0 Å². The van der Waals surface area contributed by atoms with Gasteiger partial charge in [-0.2, -0.15) is 0 Å². The lowest BCUT2D eigenvalue weighted by molar-refractivity contribution is 0.653. The van der Waals surface area contributed by atoms with E-state index in [1.54, 1.807) is 0 Å². The van der Waals surface area contributed by atoms with E-state index in [0.717, 1.165) is 42.4 Å². The molecule has 0 aliphatic heterocycles. The van der Waals surface area contributed by atoms with Crippen molar-refractivity contribution in [3.05, 3.63) is 11.4 Å². The SMILES string of the molecule is CCCNc1nc(C)nc(N(C)C(C)CC)c1C. The van der Waals surface area contributed by atoms with Crippen LogP contribution in [0.3, 0.4) is 0 Å². The van der Waals surface area contributed by atoms with Gasteiger partial charge in [0.1, 0.15) is 17.5 Å². The van der Waals surface area contributed by atoms with Crippen molar-refractivity contribution in [2.75, 3.05) is 23.8 Å². The molecule has 0 fully saturated rings. The Hall–Kier alpha value is -1.32. The smallest absolute Gasteiger partial charge is 0.137 e. The van der Waals surface area contributed by atoms with Crippen molar-refractivity contribution in [1.29, 1.82) is 0 Å². The molecular weight excluding hydrogens is 224 g/mol. The number of aromatic nitrogens is 2. The first-order valence-corrected chi connectivity index (χ1v) is 6.83. The second-order valence-corrected chi connectivity index (χ2v) is 4.86. The minimum absolute atomic E-state index is 0.483. The zero-order valence-corrected chi connectivity index (χ0v) is 12.5. The van der Waals surface area contributed by atoms with E-state index in [-0.39, 0.29) is 0 Å². The molecule has 1 rings (SSSR count). The maximum atomic E-state index is 4.59. The molecule has 0 radical (unpaired) electrons. The van der Waals surface area contributed by atoms with Crippen molar-refractivity contribution in [2.24, 2.45) is 0 Å². The first-order chi connectivity index (χ1) is 8.51. The lowest BCUT2D eigenvalue weighted by atomic mass is 10.2. The first kappa shape index (κ1) is 14.7. The normalized spacial score (nSPS) is 12.3. The van der Waals surface area contributed by atoms with E-state index in [4.69, 9.17) is 0 Å². The molecule has 0 amide bonds. The second kappa shape index (κ2) is 6.57. The van der Waals surface area contributed by atoms with Crippen molar-refractivity contribution in [2.45, 2.75) is 53.5 Å². The number of anilines is 2. The topological polar surface area (TPSA) is 41.1 Å². The van der Waals surface area contributed by atoms with Gasteiger partial charge >= 0.3 is 0 Å². The molecule has 0 spiro atoms. The summed E-state index contributed by atoms with van der Waals surface area (Å²) in [5.41, 5.74) is 1.14. The van der Waals surface area contributed by atoms with Gasteiger partial charge in [-0.15, -0.1) is 0 Å². The summed E-state index contributed by atoms with van der Waals surface area (Å²) in [6.07, 6.45) is 2.20. The van der Waals surface area contributed by atoms with Crippen LogP contribution in [0.5, 0.6) is 0 Å². The van der Waals surface area contributed by atoms with Crippen LogP contribution < -0.4 is 10.2 Å². The lowest BCUT2D eigenvalue weighted by Gasteiger charge is -2.27. The summed E-state index contributed by atoms with van der Waals surface area (Å²) in [5.74, 6) is 2.83. The lowest BCUT2D eigenvalue weighted by Crippen LogP contribution is -2.30. The average molecular weight is 250 g/mol. The van der Waals surface area contributed by atoms with E-state index < -0.39 is 0 Å². The molecular formula is C14H26N4. The number of nitrogens with zero attached hydrogens (tertiary/aromatic N) is 3. The van der Waals surface area contributed by atoms with E-state index in [1.807, 2.05) is 6.92 Å². The van der Waals surface area contributed by atoms with Crippen LogP contribution in [-0.2, 0) is 0 Å². The quantitative estimate of drug-likeness (QED) is 0.842. The highest BCUT2D eigenvalue weighted by Crippen LogP contribution is 2.24. The van der Waals surface area contributed by atoms with Gasteiger partial charge in [-0.1, -0.05) is 13.8 Å². The summed E-state index contributed by atoms with van der Waals surface area (Å²) in [6, 6.07) is 0.483. The van der Waals surface area contributed by atoms with Gasteiger partial charge in [0, 0.05) is 25.2 Å². The Labute approximate surface area is 111 Å². The minimum Gasteiger partial charge on any atom is -0.370 e. The summed E-state index contributed by atoms with van der Waals surface area (Å²) in [5, 5.41) is 3.38. The van der Waals surface area contributed by atoms with Crippen LogP contribution in [0.15, 0.2) is 0 Å². The fraction of sp³-hybridized carbons (Fsp3) is 0.714. The number of hydrogen-bond acceptors (Lipinski definition) is 4.